The van der Waals surface area contributed by atoms with Gasteiger partial charge in [-0.05, 0) is 72.3 Å². The molecule has 9 aromatic rings. The number of nitriles is 2. The fraction of sp³-hybridized carbons (Fsp3) is 0. The molecule has 43 heavy (non-hydrogen) atoms. The van der Waals surface area contributed by atoms with Gasteiger partial charge in [0.2, 0.25) is 0 Å². The van der Waals surface area contributed by atoms with Crippen molar-refractivity contribution in [2.24, 2.45) is 0 Å². The van der Waals surface area contributed by atoms with Gasteiger partial charge in [-0.2, -0.15) is 10.5 Å². The van der Waals surface area contributed by atoms with Crippen molar-refractivity contribution < 1.29 is 0 Å². The molecular formula is C38H19N3S2. The molecule has 3 heterocycles. The topological polar surface area (TPSA) is 52.5 Å². The van der Waals surface area contributed by atoms with Gasteiger partial charge < -0.3 is 4.57 Å². The lowest BCUT2D eigenvalue weighted by Crippen LogP contribution is -1.99. The van der Waals surface area contributed by atoms with Crippen LogP contribution in [0.15, 0.2) is 115 Å². The average molecular weight is 582 g/mol. The predicted octanol–water partition coefficient (Wildman–Crippen LogP) is 10.9. The largest absolute Gasteiger partial charge is 0.309 e. The first-order valence-electron chi connectivity index (χ1n) is 14.0. The van der Waals surface area contributed by atoms with Crippen LogP contribution < -0.4 is 0 Å². The Morgan fingerprint density at radius 3 is 1.74 bits per heavy atom. The molecule has 5 heteroatoms. The average Bonchev–Trinajstić information content (AvgIpc) is 3.71. The Hall–Kier alpha value is -5.46. The molecule has 0 radical (unpaired) electrons. The number of hydrogen-bond donors (Lipinski definition) is 0. The highest BCUT2D eigenvalue weighted by Crippen LogP contribution is 2.44. The minimum Gasteiger partial charge on any atom is -0.309 e. The molecule has 0 saturated heterocycles. The van der Waals surface area contributed by atoms with Gasteiger partial charge in [0.15, 0.2) is 0 Å². The minimum atomic E-state index is 0.651. The van der Waals surface area contributed by atoms with Gasteiger partial charge in [0.05, 0.1) is 40.0 Å². The molecule has 0 N–H and O–H groups in total. The second-order valence-electron chi connectivity index (χ2n) is 10.8. The quantitative estimate of drug-likeness (QED) is 0.204. The SMILES string of the molecule is N#Cc1ccc2sc3cc4c(cc3c2c1)sc1ccc(-c2c(C#N)cccc2-n2c3ccccc3c3ccccc32)cc14. The molecule has 0 spiro atoms. The number of aromatic nitrogens is 1. The van der Waals surface area contributed by atoms with Gasteiger partial charge in [-0.3, -0.25) is 0 Å². The molecule has 0 amide bonds. The van der Waals surface area contributed by atoms with Gasteiger partial charge >= 0.3 is 0 Å². The van der Waals surface area contributed by atoms with E-state index in [9.17, 15) is 10.5 Å². The summed E-state index contributed by atoms with van der Waals surface area (Å²) >= 11 is 3.55. The van der Waals surface area contributed by atoms with E-state index in [1.54, 1.807) is 22.7 Å². The van der Waals surface area contributed by atoms with Crippen LogP contribution in [0.2, 0.25) is 0 Å². The summed E-state index contributed by atoms with van der Waals surface area (Å²) in [6.07, 6.45) is 0. The first-order valence-corrected chi connectivity index (χ1v) is 15.6. The first kappa shape index (κ1) is 24.2. The van der Waals surface area contributed by atoms with Gasteiger partial charge in [0.1, 0.15) is 0 Å². The number of benzene rings is 6. The number of hydrogen-bond acceptors (Lipinski definition) is 4. The zero-order valence-corrected chi connectivity index (χ0v) is 24.3. The summed E-state index contributed by atoms with van der Waals surface area (Å²) in [5, 5.41) is 26.9. The van der Waals surface area contributed by atoms with Crippen LogP contribution in [0.1, 0.15) is 11.1 Å². The van der Waals surface area contributed by atoms with Crippen molar-refractivity contribution in [2.45, 2.75) is 0 Å². The summed E-state index contributed by atoms with van der Waals surface area (Å²) in [7, 11) is 0. The smallest absolute Gasteiger partial charge is 0.0998 e. The molecule has 0 aliphatic heterocycles. The summed E-state index contributed by atoms with van der Waals surface area (Å²) in [5.74, 6) is 0. The standard InChI is InChI=1S/C38H19N3S2/c39-20-22-12-14-34-27(16-22)29-18-37-30(19-36(29)42-34)28-17-23(13-15-35(28)43-37)38-24(21-40)6-5-11-33(38)41-31-9-3-1-7-25(31)26-8-2-4-10-32(26)41/h1-19H. The van der Waals surface area contributed by atoms with Crippen LogP contribution in [0.4, 0.5) is 0 Å². The van der Waals surface area contributed by atoms with E-state index in [4.69, 9.17) is 0 Å². The van der Waals surface area contributed by atoms with Crippen LogP contribution in [0.3, 0.4) is 0 Å². The Balaban J connectivity index is 1.32. The van der Waals surface area contributed by atoms with Crippen LogP contribution >= 0.6 is 22.7 Å². The van der Waals surface area contributed by atoms with E-state index in [-0.39, 0.29) is 0 Å². The molecule has 0 fully saturated rings. The fourth-order valence-corrected chi connectivity index (χ4v) is 8.79. The van der Waals surface area contributed by atoms with Crippen molar-refractivity contribution in [3.63, 3.8) is 0 Å². The van der Waals surface area contributed by atoms with E-state index in [0.717, 1.165) is 33.2 Å². The summed E-state index contributed by atoms with van der Waals surface area (Å²) in [4.78, 5) is 0. The number of rotatable bonds is 2. The maximum Gasteiger partial charge on any atom is 0.0998 e. The molecule has 0 aliphatic rings. The summed E-state index contributed by atoms with van der Waals surface area (Å²) in [6.45, 7) is 0. The van der Waals surface area contributed by atoms with Crippen molar-refractivity contribution in [1.82, 2.24) is 4.57 Å². The van der Waals surface area contributed by atoms with Crippen LogP contribution in [0, 0.1) is 22.7 Å². The first-order chi connectivity index (χ1) is 21.2. The van der Waals surface area contributed by atoms with Crippen molar-refractivity contribution >= 4 is 84.8 Å². The minimum absolute atomic E-state index is 0.651. The Morgan fingerprint density at radius 2 is 1.09 bits per heavy atom. The Bertz CT molecular complexity index is 2650. The summed E-state index contributed by atoms with van der Waals surface area (Å²) in [6, 6.07) is 44.9. The van der Waals surface area contributed by atoms with Crippen LogP contribution in [-0.4, -0.2) is 4.57 Å². The van der Waals surface area contributed by atoms with E-state index in [1.165, 1.54) is 45.7 Å². The molecule has 0 bridgehead atoms. The molecule has 198 valence electrons. The van der Waals surface area contributed by atoms with Crippen LogP contribution in [-0.2, 0) is 0 Å². The number of nitrogens with zero attached hydrogens (tertiary/aromatic N) is 3. The zero-order chi connectivity index (χ0) is 28.7. The second-order valence-corrected chi connectivity index (χ2v) is 12.9. The third kappa shape index (κ3) is 3.44. The molecule has 3 nitrogen and oxygen atoms in total. The highest BCUT2D eigenvalue weighted by Gasteiger charge is 2.19. The summed E-state index contributed by atoms with van der Waals surface area (Å²) in [5.41, 5.74) is 6.53. The number of para-hydroxylation sites is 2. The molecule has 0 saturated carbocycles. The lowest BCUT2D eigenvalue weighted by atomic mass is 9.96. The lowest BCUT2D eigenvalue weighted by molar-refractivity contribution is 1.18. The van der Waals surface area contributed by atoms with Crippen molar-refractivity contribution in [1.29, 1.82) is 10.5 Å². The monoisotopic (exact) mass is 581 g/mol. The normalized spacial score (nSPS) is 11.7. The third-order valence-electron chi connectivity index (χ3n) is 8.46. The zero-order valence-electron chi connectivity index (χ0n) is 22.6. The molecule has 3 aromatic heterocycles. The third-order valence-corrected chi connectivity index (χ3v) is 10.7. The molecule has 0 atom stereocenters. The maximum atomic E-state index is 10.3. The highest BCUT2D eigenvalue weighted by molar-refractivity contribution is 7.27. The van der Waals surface area contributed by atoms with E-state index < -0.39 is 0 Å². The summed E-state index contributed by atoms with van der Waals surface area (Å²) < 4.78 is 7.14. The van der Waals surface area contributed by atoms with Crippen molar-refractivity contribution in [3.05, 3.63) is 126 Å². The van der Waals surface area contributed by atoms with Crippen molar-refractivity contribution in [2.75, 3.05) is 0 Å². The van der Waals surface area contributed by atoms with E-state index >= 15 is 0 Å². The molecular weight excluding hydrogens is 563 g/mol. The molecule has 6 aromatic carbocycles. The Morgan fingerprint density at radius 1 is 0.488 bits per heavy atom. The molecule has 9 rings (SSSR count). The number of thiophene rings is 2. The van der Waals surface area contributed by atoms with Gasteiger partial charge in [0, 0.05) is 56.7 Å². The second kappa shape index (κ2) is 9.02. The number of fused-ring (bicyclic) bond motifs is 9. The Labute approximate surface area is 254 Å². The highest BCUT2D eigenvalue weighted by atomic mass is 32.1. The fourth-order valence-electron chi connectivity index (χ4n) is 6.58. The van der Waals surface area contributed by atoms with Crippen LogP contribution in [0.25, 0.3) is 79.0 Å². The molecule has 0 aliphatic carbocycles. The van der Waals surface area contributed by atoms with Crippen LogP contribution in [0.5, 0.6) is 0 Å². The lowest BCUT2D eigenvalue weighted by Gasteiger charge is -2.15. The van der Waals surface area contributed by atoms with Gasteiger partial charge in [-0.25, -0.2) is 0 Å². The van der Waals surface area contributed by atoms with Gasteiger partial charge in [-0.1, -0.05) is 48.5 Å². The van der Waals surface area contributed by atoms with Gasteiger partial charge in [-0.15, -0.1) is 22.7 Å². The van der Waals surface area contributed by atoms with Gasteiger partial charge in [0.25, 0.3) is 0 Å². The maximum absolute atomic E-state index is 10.3. The van der Waals surface area contributed by atoms with E-state index in [1.807, 2.05) is 24.3 Å². The predicted molar refractivity (Wildman–Crippen MR) is 181 cm³/mol. The van der Waals surface area contributed by atoms with E-state index in [2.05, 4.69) is 108 Å². The Kier molecular flexibility index (Phi) is 5.07. The van der Waals surface area contributed by atoms with E-state index in [0.29, 0.717) is 11.1 Å². The molecule has 0 unspecified atom stereocenters. The van der Waals surface area contributed by atoms with Crippen molar-refractivity contribution in [3.8, 4) is 29.0 Å².